The Hall–Kier alpha value is 0.430. The molecule has 0 aliphatic rings. The van der Waals surface area contributed by atoms with Gasteiger partial charge in [-0.15, -0.1) is 7.92 Å². The minimum Gasteiger partial charge on any atom is -0.110 e. The van der Waals surface area contributed by atoms with Gasteiger partial charge in [0.05, 0.1) is 0 Å². The summed E-state index contributed by atoms with van der Waals surface area (Å²) in [6.45, 7) is 8.59. The topological polar surface area (TPSA) is 0 Å². The highest BCUT2D eigenvalue weighted by Crippen LogP contribution is 2.28. The Labute approximate surface area is 79.9 Å². The first-order valence-electron chi connectivity index (χ1n) is 5.29. The molecule has 0 saturated heterocycles. The summed E-state index contributed by atoms with van der Waals surface area (Å²) >= 11 is 0. The summed E-state index contributed by atoms with van der Waals surface area (Å²) in [5.41, 5.74) is 0. The Bertz CT molecular complexity index is 79.1. The van der Waals surface area contributed by atoms with Crippen molar-refractivity contribution in [1.82, 2.24) is 0 Å². The average molecular weight is 187 g/mol. The molecule has 0 rings (SSSR count). The molecule has 73 valence electrons. The number of hydrogen-bond acceptors (Lipinski definition) is 0. The summed E-state index contributed by atoms with van der Waals surface area (Å²) in [7, 11) is 0.122. The Morgan fingerprint density at radius 1 is 0.917 bits per heavy atom. The van der Waals surface area contributed by atoms with Crippen LogP contribution in [0.5, 0.6) is 0 Å². The van der Waals surface area contributed by atoms with Crippen LogP contribution in [0, 0.1) is 6.66 Å². The van der Waals surface area contributed by atoms with E-state index in [1.165, 1.54) is 51.1 Å². The molecule has 0 saturated carbocycles. The van der Waals surface area contributed by atoms with Crippen LogP contribution in [0.25, 0.3) is 0 Å². The standard InChI is InChI=1S/C11H24P/c1-4-5-6-7-8-9-10-11-12(2)3/h2,4-11H2,1,3H3. The molecule has 0 amide bonds. The molecule has 0 spiro atoms. The van der Waals surface area contributed by atoms with E-state index in [9.17, 15) is 0 Å². The fraction of sp³-hybridized carbons (Fsp3) is 0.909. The molecule has 12 heavy (non-hydrogen) atoms. The summed E-state index contributed by atoms with van der Waals surface area (Å²) in [5.74, 6) is 0. The first-order chi connectivity index (χ1) is 5.77. The van der Waals surface area contributed by atoms with Gasteiger partial charge in [-0.05, 0) is 25.9 Å². The molecule has 0 aliphatic heterocycles. The zero-order valence-corrected chi connectivity index (χ0v) is 9.71. The first kappa shape index (κ1) is 12.4. The molecule has 0 nitrogen and oxygen atoms in total. The van der Waals surface area contributed by atoms with E-state index in [2.05, 4.69) is 20.3 Å². The molecule has 1 radical (unpaired) electrons. The number of unbranched alkanes of at least 4 members (excludes halogenated alkanes) is 6. The summed E-state index contributed by atoms with van der Waals surface area (Å²) < 4.78 is 0. The second-order valence-electron chi connectivity index (χ2n) is 3.70. The quantitative estimate of drug-likeness (QED) is 0.383. The average Bonchev–Trinajstić information content (AvgIpc) is 2.02. The van der Waals surface area contributed by atoms with Crippen LogP contribution >= 0.6 is 7.92 Å². The van der Waals surface area contributed by atoms with Crippen LogP contribution in [0.2, 0.25) is 0 Å². The molecule has 0 fully saturated rings. The van der Waals surface area contributed by atoms with Gasteiger partial charge < -0.3 is 0 Å². The van der Waals surface area contributed by atoms with E-state index < -0.39 is 0 Å². The van der Waals surface area contributed by atoms with Crippen molar-refractivity contribution in [1.29, 1.82) is 0 Å². The van der Waals surface area contributed by atoms with Crippen molar-refractivity contribution < 1.29 is 0 Å². The van der Waals surface area contributed by atoms with Gasteiger partial charge in [0, 0.05) is 0 Å². The molecule has 0 N–H and O–H groups in total. The fourth-order valence-corrected chi connectivity index (χ4v) is 2.10. The van der Waals surface area contributed by atoms with Crippen LogP contribution < -0.4 is 0 Å². The molecule has 0 aromatic rings. The molecule has 0 aromatic carbocycles. The Morgan fingerprint density at radius 3 is 1.92 bits per heavy atom. The maximum atomic E-state index is 4.05. The van der Waals surface area contributed by atoms with Crippen molar-refractivity contribution in [3.63, 3.8) is 0 Å². The van der Waals surface area contributed by atoms with E-state index in [0.29, 0.717) is 0 Å². The van der Waals surface area contributed by atoms with Gasteiger partial charge in [-0.3, -0.25) is 0 Å². The van der Waals surface area contributed by atoms with Gasteiger partial charge in [-0.2, -0.15) is 0 Å². The maximum Gasteiger partial charge on any atom is -0.0289 e. The molecule has 0 heterocycles. The van der Waals surface area contributed by atoms with Gasteiger partial charge in [-0.1, -0.05) is 45.4 Å². The fourth-order valence-electron chi connectivity index (χ4n) is 1.34. The van der Waals surface area contributed by atoms with Crippen LogP contribution in [0.4, 0.5) is 0 Å². The second kappa shape index (κ2) is 9.52. The maximum absolute atomic E-state index is 4.05. The SMILES string of the molecule is [CH2]P(C)CCCCCCCCC. The van der Waals surface area contributed by atoms with Crippen molar-refractivity contribution >= 4 is 7.92 Å². The highest BCUT2D eigenvalue weighted by Gasteiger charge is 1.93. The van der Waals surface area contributed by atoms with Gasteiger partial charge in [0.25, 0.3) is 0 Å². The van der Waals surface area contributed by atoms with Crippen molar-refractivity contribution in [3.05, 3.63) is 6.66 Å². The Balaban J connectivity index is 2.82. The van der Waals surface area contributed by atoms with Gasteiger partial charge in [0.1, 0.15) is 0 Å². The van der Waals surface area contributed by atoms with Crippen LogP contribution in [0.15, 0.2) is 0 Å². The summed E-state index contributed by atoms with van der Waals surface area (Å²) in [6.07, 6.45) is 11.4. The lowest BCUT2D eigenvalue weighted by molar-refractivity contribution is 0.603. The third-order valence-corrected chi connectivity index (χ3v) is 3.22. The summed E-state index contributed by atoms with van der Waals surface area (Å²) in [6, 6.07) is 0. The molecule has 1 unspecified atom stereocenters. The van der Waals surface area contributed by atoms with E-state index in [-0.39, 0.29) is 7.92 Å². The predicted molar refractivity (Wildman–Crippen MR) is 61.1 cm³/mol. The lowest BCUT2D eigenvalue weighted by atomic mass is 10.1. The zero-order valence-electron chi connectivity index (χ0n) is 8.81. The normalized spacial score (nSPS) is 11.0. The highest BCUT2D eigenvalue weighted by molar-refractivity contribution is 7.58. The van der Waals surface area contributed by atoms with Crippen LogP contribution in [0.3, 0.4) is 0 Å². The molecule has 0 bridgehead atoms. The lowest BCUT2D eigenvalue weighted by Gasteiger charge is -2.04. The van der Waals surface area contributed by atoms with E-state index >= 15 is 0 Å². The van der Waals surface area contributed by atoms with E-state index in [0.717, 1.165) is 0 Å². The number of rotatable bonds is 8. The third kappa shape index (κ3) is 10.4. The van der Waals surface area contributed by atoms with Crippen molar-refractivity contribution in [2.24, 2.45) is 0 Å². The Kier molecular flexibility index (Phi) is 9.86. The van der Waals surface area contributed by atoms with Crippen molar-refractivity contribution in [3.8, 4) is 0 Å². The number of hydrogen-bond donors (Lipinski definition) is 0. The second-order valence-corrected chi connectivity index (χ2v) is 5.86. The zero-order chi connectivity index (χ0) is 9.23. The summed E-state index contributed by atoms with van der Waals surface area (Å²) in [4.78, 5) is 0. The first-order valence-corrected chi connectivity index (χ1v) is 7.45. The highest BCUT2D eigenvalue weighted by atomic mass is 31.1. The van der Waals surface area contributed by atoms with E-state index in [1.807, 2.05) is 0 Å². The third-order valence-electron chi connectivity index (χ3n) is 2.14. The van der Waals surface area contributed by atoms with Gasteiger partial charge in [-0.25, -0.2) is 0 Å². The Morgan fingerprint density at radius 2 is 1.42 bits per heavy atom. The van der Waals surface area contributed by atoms with Crippen LogP contribution in [-0.4, -0.2) is 12.8 Å². The molecular formula is C11H24P. The van der Waals surface area contributed by atoms with E-state index in [4.69, 9.17) is 0 Å². The molecular weight excluding hydrogens is 163 g/mol. The molecule has 0 aromatic heterocycles. The van der Waals surface area contributed by atoms with Gasteiger partial charge >= 0.3 is 0 Å². The van der Waals surface area contributed by atoms with Crippen molar-refractivity contribution in [2.45, 2.75) is 51.9 Å². The van der Waals surface area contributed by atoms with Gasteiger partial charge in [0.15, 0.2) is 0 Å². The van der Waals surface area contributed by atoms with E-state index in [1.54, 1.807) is 0 Å². The van der Waals surface area contributed by atoms with Crippen molar-refractivity contribution in [2.75, 3.05) is 12.8 Å². The summed E-state index contributed by atoms with van der Waals surface area (Å²) in [5, 5.41) is 0. The largest absolute Gasteiger partial charge is 0.110 e. The predicted octanol–water partition coefficient (Wildman–Crippen LogP) is 4.64. The lowest BCUT2D eigenvalue weighted by Crippen LogP contribution is -1.83. The van der Waals surface area contributed by atoms with Crippen LogP contribution in [-0.2, 0) is 0 Å². The molecule has 1 heteroatoms. The minimum absolute atomic E-state index is 0.122. The monoisotopic (exact) mass is 187 g/mol. The smallest absolute Gasteiger partial charge is 0.0289 e. The minimum atomic E-state index is 0.122. The molecule has 0 aliphatic carbocycles. The van der Waals surface area contributed by atoms with Gasteiger partial charge in [0.2, 0.25) is 0 Å². The van der Waals surface area contributed by atoms with Crippen LogP contribution in [0.1, 0.15) is 51.9 Å². The molecule has 1 atom stereocenters.